The number of ether oxygens (including phenoxy) is 1. The van der Waals surface area contributed by atoms with Crippen LogP contribution < -0.4 is 15.4 Å². The van der Waals surface area contributed by atoms with Crippen LogP contribution in [-0.4, -0.2) is 23.1 Å². The molecule has 1 aromatic carbocycles. The summed E-state index contributed by atoms with van der Waals surface area (Å²) in [6.07, 6.45) is 4.30. The highest BCUT2D eigenvalue weighted by molar-refractivity contribution is 8.00. The molecule has 0 radical (unpaired) electrons. The highest BCUT2D eigenvalue weighted by Gasteiger charge is 2.09. The molecule has 2 N–H and O–H groups in total. The lowest BCUT2D eigenvalue weighted by molar-refractivity contribution is 0.262. The molecular weight excluding hydrogens is 372 g/mol. The fourth-order valence-corrected chi connectivity index (χ4v) is 3.75. The van der Waals surface area contributed by atoms with Crippen LogP contribution in [0, 0.1) is 0 Å². The average molecular weight is 390 g/mol. The summed E-state index contributed by atoms with van der Waals surface area (Å²) in [5.74, 6) is 2.92. The fraction of sp³-hybridized carbons (Fsp3) is 0.235. The lowest BCUT2D eigenvalue weighted by atomic mass is 10.3. The van der Waals surface area contributed by atoms with Gasteiger partial charge in [0.2, 0.25) is 5.89 Å². The van der Waals surface area contributed by atoms with Gasteiger partial charge in [-0.1, -0.05) is 18.3 Å². The molecule has 7 nitrogen and oxygen atoms in total. The van der Waals surface area contributed by atoms with Gasteiger partial charge < -0.3 is 14.5 Å². The number of nitrogens with zero attached hydrogens (tertiary/aromatic N) is 2. The maximum atomic E-state index is 12.0. The van der Waals surface area contributed by atoms with E-state index in [2.05, 4.69) is 20.6 Å². The van der Waals surface area contributed by atoms with E-state index in [0.717, 1.165) is 22.1 Å². The van der Waals surface area contributed by atoms with E-state index in [0.29, 0.717) is 22.5 Å². The van der Waals surface area contributed by atoms with Crippen molar-refractivity contribution in [2.24, 2.45) is 0 Å². The Morgan fingerprint density at radius 2 is 2.04 bits per heavy atom. The Morgan fingerprint density at radius 3 is 2.73 bits per heavy atom. The minimum absolute atomic E-state index is 0.346. The molecule has 0 saturated heterocycles. The molecular formula is C17H18N4O3S2. The lowest BCUT2D eigenvalue weighted by Crippen LogP contribution is -2.19. The summed E-state index contributed by atoms with van der Waals surface area (Å²) in [7, 11) is 1.60. The molecule has 136 valence electrons. The van der Waals surface area contributed by atoms with Gasteiger partial charge >= 0.3 is 6.03 Å². The van der Waals surface area contributed by atoms with Crippen LogP contribution in [0.2, 0.25) is 0 Å². The third-order valence-corrected chi connectivity index (χ3v) is 5.43. The van der Waals surface area contributed by atoms with Gasteiger partial charge in [-0.3, -0.25) is 5.32 Å². The number of rotatable bonds is 7. The molecule has 2 aromatic heterocycles. The molecule has 0 saturated carbocycles. The van der Waals surface area contributed by atoms with E-state index in [-0.39, 0.29) is 6.03 Å². The molecule has 3 rings (SSSR count). The number of thioether (sulfide) groups is 1. The normalized spacial score (nSPS) is 10.5. The Hall–Kier alpha value is -2.52. The summed E-state index contributed by atoms with van der Waals surface area (Å²) in [5, 5.41) is 6.00. The molecule has 0 spiro atoms. The van der Waals surface area contributed by atoms with E-state index in [1.807, 2.05) is 6.92 Å². The van der Waals surface area contributed by atoms with E-state index < -0.39 is 0 Å². The van der Waals surface area contributed by atoms with E-state index in [1.54, 1.807) is 55.5 Å². The van der Waals surface area contributed by atoms with E-state index in [4.69, 9.17) is 9.15 Å². The van der Waals surface area contributed by atoms with Gasteiger partial charge in [-0.15, -0.1) is 11.8 Å². The molecule has 26 heavy (non-hydrogen) atoms. The smallest absolute Gasteiger partial charge is 0.325 e. The van der Waals surface area contributed by atoms with Crippen molar-refractivity contribution < 1.29 is 13.9 Å². The highest BCUT2D eigenvalue weighted by Crippen LogP contribution is 2.30. The molecule has 0 bridgehead atoms. The van der Waals surface area contributed by atoms with Gasteiger partial charge in [-0.2, -0.15) is 0 Å². The van der Waals surface area contributed by atoms with Crippen molar-refractivity contribution in [3.8, 4) is 5.75 Å². The fourth-order valence-electron chi connectivity index (χ4n) is 2.03. The van der Waals surface area contributed by atoms with Crippen molar-refractivity contribution >= 4 is 39.9 Å². The van der Waals surface area contributed by atoms with E-state index in [9.17, 15) is 4.79 Å². The molecule has 2 heterocycles. The van der Waals surface area contributed by atoms with Crippen molar-refractivity contribution in [3.63, 3.8) is 0 Å². The highest BCUT2D eigenvalue weighted by atomic mass is 32.2. The number of aryl methyl sites for hydroxylation is 1. The number of anilines is 2. The van der Waals surface area contributed by atoms with Gasteiger partial charge in [0.1, 0.15) is 11.5 Å². The number of benzene rings is 1. The molecule has 2 amide bonds. The molecule has 3 aromatic rings. The first-order chi connectivity index (χ1) is 12.7. The van der Waals surface area contributed by atoms with Gasteiger partial charge in [0, 0.05) is 12.1 Å². The van der Waals surface area contributed by atoms with Crippen molar-refractivity contribution in [2.75, 3.05) is 17.7 Å². The van der Waals surface area contributed by atoms with Crippen LogP contribution >= 0.6 is 23.1 Å². The predicted octanol–water partition coefficient (Wildman–Crippen LogP) is 4.64. The number of amides is 2. The number of carbonyl (C=O) groups is 1. The Balaban J connectivity index is 1.49. The Bertz CT molecular complexity index is 861. The van der Waals surface area contributed by atoms with Crippen LogP contribution in [0.3, 0.4) is 0 Å². The van der Waals surface area contributed by atoms with Crippen LogP contribution in [0.1, 0.15) is 18.6 Å². The van der Waals surface area contributed by atoms with Gasteiger partial charge in [0.05, 0.1) is 29.5 Å². The Kier molecular flexibility index (Phi) is 6.13. The number of urea groups is 1. The SMILES string of the molecule is CCc1cnc(CSc2cnc(NC(=O)Nc3ccc(OC)cc3)s2)o1. The topological polar surface area (TPSA) is 89.3 Å². The zero-order chi connectivity index (χ0) is 18.4. The van der Waals surface area contributed by atoms with Crippen LogP contribution in [0.5, 0.6) is 5.75 Å². The Labute approximate surface area is 159 Å². The average Bonchev–Trinajstić information content (AvgIpc) is 3.29. The second-order valence-corrected chi connectivity index (χ2v) is 7.46. The second kappa shape index (κ2) is 8.72. The number of oxazole rings is 1. The minimum atomic E-state index is -0.346. The predicted molar refractivity (Wildman–Crippen MR) is 103 cm³/mol. The standard InChI is InChI=1S/C17H18N4O3S2/c1-3-12-8-18-14(24-12)10-25-15-9-19-17(26-15)21-16(22)20-11-4-6-13(23-2)7-5-11/h4-9H,3,10H2,1-2H3,(H2,19,20,21,22). The largest absolute Gasteiger partial charge is 0.497 e. The molecule has 9 heteroatoms. The molecule has 0 unspecified atom stereocenters. The summed E-state index contributed by atoms with van der Waals surface area (Å²) < 4.78 is 11.6. The summed E-state index contributed by atoms with van der Waals surface area (Å²) in [5.41, 5.74) is 0.671. The van der Waals surface area contributed by atoms with E-state index >= 15 is 0 Å². The quantitative estimate of drug-likeness (QED) is 0.571. The van der Waals surface area contributed by atoms with Crippen LogP contribution in [0.25, 0.3) is 0 Å². The summed E-state index contributed by atoms with van der Waals surface area (Å²) in [6, 6.07) is 6.74. The Morgan fingerprint density at radius 1 is 1.23 bits per heavy atom. The maximum absolute atomic E-state index is 12.0. The summed E-state index contributed by atoms with van der Waals surface area (Å²) in [4.78, 5) is 20.5. The molecule has 0 atom stereocenters. The number of aromatic nitrogens is 2. The molecule has 0 aliphatic rings. The minimum Gasteiger partial charge on any atom is -0.497 e. The molecule has 0 aliphatic carbocycles. The number of methoxy groups -OCH3 is 1. The second-order valence-electron chi connectivity index (χ2n) is 5.15. The van der Waals surface area contributed by atoms with Crippen LogP contribution in [0.4, 0.5) is 15.6 Å². The van der Waals surface area contributed by atoms with Gasteiger partial charge in [-0.05, 0) is 24.3 Å². The third-order valence-electron chi connectivity index (χ3n) is 3.34. The zero-order valence-electron chi connectivity index (χ0n) is 14.3. The van der Waals surface area contributed by atoms with Gasteiger partial charge in [0.15, 0.2) is 5.13 Å². The first-order valence-corrected chi connectivity index (χ1v) is 9.70. The summed E-state index contributed by atoms with van der Waals surface area (Å²) >= 11 is 2.97. The number of thiazole rings is 1. The van der Waals surface area contributed by atoms with Gasteiger partial charge in [0.25, 0.3) is 0 Å². The lowest BCUT2D eigenvalue weighted by Gasteiger charge is -2.06. The van der Waals surface area contributed by atoms with Crippen molar-refractivity contribution in [1.82, 2.24) is 9.97 Å². The molecule has 0 aliphatic heterocycles. The van der Waals surface area contributed by atoms with Crippen molar-refractivity contribution in [2.45, 2.75) is 23.3 Å². The summed E-state index contributed by atoms with van der Waals surface area (Å²) in [6.45, 7) is 2.02. The first kappa shape index (κ1) is 18.3. The number of hydrogen-bond donors (Lipinski definition) is 2. The molecule has 0 fully saturated rings. The van der Waals surface area contributed by atoms with Crippen LogP contribution in [0.15, 0.2) is 45.3 Å². The van der Waals surface area contributed by atoms with Crippen molar-refractivity contribution in [3.05, 3.63) is 48.3 Å². The number of hydrogen-bond acceptors (Lipinski definition) is 7. The number of carbonyl (C=O) groups excluding carboxylic acids is 1. The van der Waals surface area contributed by atoms with Crippen molar-refractivity contribution in [1.29, 1.82) is 0 Å². The number of nitrogens with one attached hydrogen (secondary N) is 2. The van der Waals surface area contributed by atoms with E-state index in [1.165, 1.54) is 11.3 Å². The third kappa shape index (κ3) is 4.99. The first-order valence-electron chi connectivity index (χ1n) is 7.90. The van der Waals surface area contributed by atoms with Crippen LogP contribution in [-0.2, 0) is 12.2 Å². The van der Waals surface area contributed by atoms with Gasteiger partial charge in [-0.25, -0.2) is 14.8 Å². The maximum Gasteiger partial charge on any atom is 0.325 e. The zero-order valence-corrected chi connectivity index (χ0v) is 15.9. The monoisotopic (exact) mass is 390 g/mol.